The second-order valence-electron chi connectivity index (χ2n) is 4.43. The minimum absolute atomic E-state index is 0.00329. The molecule has 3 rings (SSSR count). The summed E-state index contributed by atoms with van der Waals surface area (Å²) >= 11 is 6.11. The number of nitro benzene ring substituents is 1. The number of nitrogens with one attached hydrogen (secondary N) is 1. The second kappa shape index (κ2) is 6.57. The van der Waals surface area contributed by atoms with Gasteiger partial charge in [-0.3, -0.25) is 14.9 Å². The first kappa shape index (κ1) is 15.8. The number of fused-ring (bicyclic) bond motifs is 1. The van der Waals surface area contributed by atoms with Crippen molar-refractivity contribution in [2.45, 2.75) is 0 Å². The van der Waals surface area contributed by atoms with E-state index in [1.54, 1.807) is 18.3 Å². The number of nitrogens with zero attached hydrogens (tertiary/aromatic N) is 2. The maximum absolute atomic E-state index is 12.1. The second-order valence-corrected chi connectivity index (χ2v) is 8.01. The Hall–Kier alpha value is -2.10. The van der Waals surface area contributed by atoms with E-state index in [0.29, 0.717) is 10.3 Å². The topological polar surface area (TPSA) is 84.6 Å². The molecule has 116 valence electrons. The van der Waals surface area contributed by atoms with Crippen LogP contribution in [0.1, 0.15) is 14.5 Å². The van der Waals surface area contributed by atoms with Gasteiger partial charge in [-0.1, -0.05) is 0 Å². The first-order valence-corrected chi connectivity index (χ1v) is 8.72. The molecule has 1 aromatic carbocycles. The minimum Gasteiger partial charge on any atom is -0.266 e. The van der Waals surface area contributed by atoms with Gasteiger partial charge in [0.1, 0.15) is 0 Å². The summed E-state index contributed by atoms with van der Waals surface area (Å²) < 4.78 is 1.79. The van der Waals surface area contributed by atoms with Crippen molar-refractivity contribution in [3.63, 3.8) is 0 Å². The van der Waals surface area contributed by atoms with Gasteiger partial charge >= 0.3 is 0 Å². The van der Waals surface area contributed by atoms with Crippen LogP contribution < -0.4 is 5.43 Å². The number of carbonyl (C=O) groups is 1. The highest BCUT2D eigenvalue weighted by Gasteiger charge is 2.12. The number of hydrogen-bond acceptors (Lipinski definition) is 6. The number of thiophene rings is 2. The van der Waals surface area contributed by atoms with Gasteiger partial charge in [0, 0.05) is 27.1 Å². The van der Waals surface area contributed by atoms with Gasteiger partial charge in [-0.25, -0.2) is 5.43 Å². The largest absolute Gasteiger partial charge is 0.281 e. The summed E-state index contributed by atoms with van der Waals surface area (Å²) in [4.78, 5) is 23.7. The SMILES string of the molecule is O=C(NN=Cc1ccc(Br)s1)c1cc2cc([N+](=O)[O-])ccc2s1. The first-order chi connectivity index (χ1) is 11.0. The van der Waals surface area contributed by atoms with Crippen LogP contribution in [0.5, 0.6) is 0 Å². The number of non-ortho nitro benzene ring substituents is 1. The molecule has 0 saturated carbocycles. The van der Waals surface area contributed by atoms with Crippen molar-refractivity contribution in [2.75, 3.05) is 0 Å². The third kappa shape index (κ3) is 3.63. The third-order valence-corrected chi connectivity index (χ3v) is 5.56. The maximum atomic E-state index is 12.1. The fraction of sp³-hybridized carbons (Fsp3) is 0. The van der Waals surface area contributed by atoms with Crippen LogP contribution in [0.4, 0.5) is 5.69 Å². The first-order valence-electron chi connectivity index (χ1n) is 6.29. The van der Waals surface area contributed by atoms with Gasteiger partial charge in [-0.2, -0.15) is 5.10 Å². The number of rotatable bonds is 4. The highest BCUT2D eigenvalue weighted by atomic mass is 79.9. The van der Waals surface area contributed by atoms with E-state index in [4.69, 9.17) is 0 Å². The molecule has 2 heterocycles. The standard InChI is InChI=1S/C14H8BrN3O3S2/c15-13-4-2-10(22-13)7-16-17-14(19)12-6-8-5-9(18(20)21)1-3-11(8)23-12/h1-7H,(H,17,19). The lowest BCUT2D eigenvalue weighted by atomic mass is 10.2. The summed E-state index contributed by atoms with van der Waals surface area (Å²) in [5.74, 6) is -0.347. The highest BCUT2D eigenvalue weighted by Crippen LogP contribution is 2.28. The van der Waals surface area contributed by atoms with Crippen molar-refractivity contribution in [1.82, 2.24) is 5.43 Å². The number of nitro groups is 1. The van der Waals surface area contributed by atoms with Crippen LogP contribution in [0.3, 0.4) is 0 Å². The Morgan fingerprint density at radius 1 is 1.26 bits per heavy atom. The van der Waals surface area contributed by atoms with Gasteiger partial charge in [0.05, 0.1) is 19.8 Å². The Bertz CT molecular complexity index is 932. The molecule has 6 nitrogen and oxygen atoms in total. The molecule has 9 heteroatoms. The van der Waals surface area contributed by atoms with Crippen molar-refractivity contribution in [2.24, 2.45) is 5.10 Å². The van der Waals surface area contributed by atoms with E-state index in [1.165, 1.54) is 34.8 Å². The summed E-state index contributed by atoms with van der Waals surface area (Å²) in [6.45, 7) is 0. The van der Waals surface area contributed by atoms with Crippen LogP contribution in [0.25, 0.3) is 10.1 Å². The smallest absolute Gasteiger partial charge is 0.266 e. The Morgan fingerprint density at radius 2 is 2.09 bits per heavy atom. The molecular weight excluding hydrogens is 402 g/mol. The van der Waals surface area contributed by atoms with Crippen molar-refractivity contribution in [3.8, 4) is 0 Å². The van der Waals surface area contributed by atoms with E-state index >= 15 is 0 Å². The number of carbonyl (C=O) groups excluding carboxylic acids is 1. The maximum Gasteiger partial charge on any atom is 0.281 e. The average molecular weight is 410 g/mol. The van der Waals surface area contributed by atoms with Crippen molar-refractivity contribution in [1.29, 1.82) is 0 Å². The molecule has 0 aliphatic heterocycles. The minimum atomic E-state index is -0.458. The van der Waals surface area contributed by atoms with Gasteiger partial charge < -0.3 is 0 Å². The lowest BCUT2D eigenvalue weighted by Gasteiger charge is -1.94. The normalized spacial score (nSPS) is 11.2. The Labute approximate surface area is 146 Å². The predicted octanol–water partition coefficient (Wildman–Crippen LogP) is 4.40. The van der Waals surface area contributed by atoms with Crippen LogP contribution >= 0.6 is 38.6 Å². The van der Waals surface area contributed by atoms with Crippen LogP contribution in [0, 0.1) is 10.1 Å². The lowest BCUT2D eigenvalue weighted by Crippen LogP contribution is -2.15. The van der Waals surface area contributed by atoms with Crippen molar-refractivity contribution in [3.05, 3.63) is 60.1 Å². The zero-order valence-electron chi connectivity index (χ0n) is 11.4. The molecule has 0 fully saturated rings. The zero-order chi connectivity index (χ0) is 16.4. The fourth-order valence-corrected chi connectivity index (χ4v) is 4.09. The molecule has 0 saturated heterocycles. The molecule has 0 radical (unpaired) electrons. The van der Waals surface area contributed by atoms with Crippen molar-refractivity contribution >= 4 is 66.5 Å². The number of halogens is 1. The summed E-state index contributed by atoms with van der Waals surface area (Å²) in [6.07, 6.45) is 1.56. The van der Waals surface area contributed by atoms with E-state index < -0.39 is 4.92 Å². The van der Waals surface area contributed by atoms with Crippen molar-refractivity contribution < 1.29 is 9.72 Å². The molecule has 23 heavy (non-hydrogen) atoms. The van der Waals surface area contributed by atoms with Gasteiger partial charge in [-0.15, -0.1) is 22.7 Å². The number of hydrogen-bond donors (Lipinski definition) is 1. The monoisotopic (exact) mass is 409 g/mol. The molecule has 2 aromatic heterocycles. The molecule has 0 aliphatic rings. The van der Waals surface area contributed by atoms with Crippen LogP contribution in [0.15, 0.2) is 45.3 Å². The van der Waals surface area contributed by atoms with Crippen LogP contribution in [-0.4, -0.2) is 17.0 Å². The molecule has 0 aliphatic carbocycles. The van der Waals surface area contributed by atoms with E-state index in [9.17, 15) is 14.9 Å². The molecule has 3 aromatic rings. The van der Waals surface area contributed by atoms with Gasteiger partial charge in [0.15, 0.2) is 0 Å². The molecule has 0 unspecified atom stereocenters. The van der Waals surface area contributed by atoms with Crippen LogP contribution in [-0.2, 0) is 0 Å². The predicted molar refractivity (Wildman–Crippen MR) is 95.6 cm³/mol. The molecule has 0 bridgehead atoms. The van der Waals surface area contributed by atoms with E-state index in [2.05, 4.69) is 26.5 Å². The van der Waals surface area contributed by atoms with E-state index in [0.717, 1.165) is 13.4 Å². The number of amides is 1. The Balaban J connectivity index is 1.75. The Morgan fingerprint density at radius 3 is 2.78 bits per heavy atom. The molecular formula is C14H8BrN3O3S2. The molecule has 0 spiro atoms. The zero-order valence-corrected chi connectivity index (χ0v) is 14.6. The average Bonchev–Trinajstić information content (AvgIpc) is 3.12. The summed E-state index contributed by atoms with van der Waals surface area (Å²) in [7, 11) is 0. The molecule has 1 N–H and O–H groups in total. The number of benzene rings is 1. The third-order valence-electron chi connectivity index (χ3n) is 2.89. The van der Waals surface area contributed by atoms with E-state index in [1.807, 2.05) is 12.1 Å². The lowest BCUT2D eigenvalue weighted by molar-refractivity contribution is -0.384. The van der Waals surface area contributed by atoms with Crippen LogP contribution in [0.2, 0.25) is 0 Å². The molecule has 0 atom stereocenters. The number of hydrazone groups is 1. The fourth-order valence-electron chi connectivity index (χ4n) is 1.86. The Kier molecular flexibility index (Phi) is 4.51. The van der Waals surface area contributed by atoms with Gasteiger partial charge in [0.2, 0.25) is 0 Å². The van der Waals surface area contributed by atoms with Gasteiger partial charge in [-0.05, 0) is 40.2 Å². The highest BCUT2D eigenvalue weighted by molar-refractivity contribution is 9.11. The summed E-state index contributed by atoms with van der Waals surface area (Å²) in [5.41, 5.74) is 2.46. The molecule has 1 amide bonds. The summed E-state index contributed by atoms with van der Waals surface area (Å²) in [5, 5.41) is 15.3. The van der Waals surface area contributed by atoms with E-state index in [-0.39, 0.29) is 11.6 Å². The summed E-state index contributed by atoms with van der Waals surface area (Å²) in [6, 6.07) is 9.92. The van der Waals surface area contributed by atoms with Gasteiger partial charge in [0.25, 0.3) is 11.6 Å². The quantitative estimate of drug-likeness (QED) is 0.393.